The highest BCUT2D eigenvalue weighted by atomic mass is 19.4. The standard InChI is InChI=1S/C16H17F3N6O5/c1-2-30-15(26)10-3-4-20-14(12(10)25(27)28)24-5-6-29-7-11(24)13-21-9-23(22-13)8-16(17,18)19/h3-4,9,11H,2,5-8H2,1H3/t11-/m1/s1. The van der Waals surface area contributed by atoms with E-state index < -0.39 is 35.3 Å². The third kappa shape index (κ3) is 4.64. The Morgan fingerprint density at radius 3 is 2.87 bits per heavy atom. The molecule has 0 aromatic carbocycles. The molecule has 2 aromatic heterocycles. The zero-order valence-electron chi connectivity index (χ0n) is 15.7. The lowest BCUT2D eigenvalue weighted by Gasteiger charge is -2.34. The predicted molar refractivity (Wildman–Crippen MR) is 93.8 cm³/mol. The molecule has 3 heterocycles. The summed E-state index contributed by atoms with van der Waals surface area (Å²) in [5.41, 5.74) is -0.856. The lowest BCUT2D eigenvalue weighted by atomic mass is 10.1. The first-order valence-electron chi connectivity index (χ1n) is 8.82. The second-order valence-electron chi connectivity index (χ2n) is 6.21. The maximum atomic E-state index is 12.6. The Morgan fingerprint density at radius 2 is 2.20 bits per heavy atom. The molecular weight excluding hydrogens is 413 g/mol. The van der Waals surface area contributed by atoms with Gasteiger partial charge in [0.1, 0.15) is 24.5 Å². The Labute approximate surface area is 167 Å². The normalized spacial score (nSPS) is 17.1. The Balaban J connectivity index is 2.00. The van der Waals surface area contributed by atoms with Crippen molar-refractivity contribution in [1.29, 1.82) is 0 Å². The van der Waals surface area contributed by atoms with Crippen molar-refractivity contribution in [3.8, 4) is 0 Å². The molecule has 0 bridgehead atoms. The van der Waals surface area contributed by atoms with Crippen LogP contribution in [0.25, 0.3) is 0 Å². The first-order valence-corrected chi connectivity index (χ1v) is 8.82. The maximum Gasteiger partial charge on any atom is 0.408 e. The summed E-state index contributed by atoms with van der Waals surface area (Å²) >= 11 is 0. The molecule has 0 amide bonds. The number of nitro groups is 1. The minimum Gasteiger partial charge on any atom is -0.462 e. The number of esters is 1. The van der Waals surface area contributed by atoms with Gasteiger partial charge >= 0.3 is 17.8 Å². The fourth-order valence-corrected chi connectivity index (χ4v) is 3.00. The Kier molecular flexibility index (Phi) is 6.14. The van der Waals surface area contributed by atoms with E-state index in [1.807, 2.05) is 0 Å². The van der Waals surface area contributed by atoms with Crippen LogP contribution in [-0.2, 0) is 16.0 Å². The van der Waals surface area contributed by atoms with E-state index >= 15 is 0 Å². The van der Waals surface area contributed by atoms with Crippen molar-refractivity contribution in [2.75, 3.05) is 31.3 Å². The van der Waals surface area contributed by atoms with Gasteiger partial charge in [-0.25, -0.2) is 19.4 Å². The average molecular weight is 430 g/mol. The van der Waals surface area contributed by atoms with Crippen LogP contribution in [0.3, 0.4) is 0 Å². The van der Waals surface area contributed by atoms with E-state index in [4.69, 9.17) is 9.47 Å². The number of carbonyl (C=O) groups excluding carboxylic acids is 1. The Hall–Kier alpha value is -3.29. The summed E-state index contributed by atoms with van der Waals surface area (Å²) < 4.78 is 48.7. The second-order valence-corrected chi connectivity index (χ2v) is 6.21. The van der Waals surface area contributed by atoms with Gasteiger partial charge in [0.2, 0.25) is 5.82 Å². The number of alkyl halides is 3. The molecule has 2 aromatic rings. The predicted octanol–water partition coefficient (Wildman–Crippen LogP) is 1.90. The van der Waals surface area contributed by atoms with Crippen LogP contribution in [0.1, 0.15) is 29.1 Å². The van der Waals surface area contributed by atoms with Crippen molar-refractivity contribution >= 4 is 17.5 Å². The molecule has 1 saturated heterocycles. The lowest BCUT2D eigenvalue weighted by Crippen LogP contribution is -2.41. The number of hydrogen-bond donors (Lipinski definition) is 0. The van der Waals surface area contributed by atoms with Gasteiger partial charge in [-0.15, -0.1) is 0 Å². The van der Waals surface area contributed by atoms with Crippen LogP contribution < -0.4 is 4.90 Å². The van der Waals surface area contributed by atoms with Crippen LogP contribution in [-0.4, -0.2) is 63.2 Å². The molecule has 30 heavy (non-hydrogen) atoms. The van der Waals surface area contributed by atoms with E-state index in [9.17, 15) is 28.1 Å². The van der Waals surface area contributed by atoms with E-state index in [1.54, 1.807) is 6.92 Å². The molecule has 1 aliphatic heterocycles. The average Bonchev–Trinajstić information content (AvgIpc) is 3.14. The number of halogens is 3. The first kappa shape index (κ1) is 21.4. The van der Waals surface area contributed by atoms with Crippen molar-refractivity contribution < 1.29 is 32.4 Å². The van der Waals surface area contributed by atoms with Gasteiger partial charge in [0.05, 0.1) is 24.7 Å². The molecule has 1 aliphatic rings. The monoisotopic (exact) mass is 430 g/mol. The SMILES string of the molecule is CCOC(=O)c1ccnc(N2CCOC[C@@H]2c2ncn(CC(F)(F)F)n2)c1[N+](=O)[O-]. The Morgan fingerprint density at radius 1 is 1.43 bits per heavy atom. The molecule has 0 aliphatic carbocycles. The number of ether oxygens (including phenoxy) is 2. The first-order chi connectivity index (χ1) is 14.2. The molecule has 11 nitrogen and oxygen atoms in total. The van der Waals surface area contributed by atoms with Crippen LogP contribution in [0.15, 0.2) is 18.6 Å². The molecule has 1 fully saturated rings. The summed E-state index contributed by atoms with van der Waals surface area (Å²) in [5, 5.41) is 15.6. The smallest absolute Gasteiger partial charge is 0.408 e. The number of carbonyl (C=O) groups is 1. The van der Waals surface area contributed by atoms with Crippen LogP contribution in [0, 0.1) is 10.1 Å². The van der Waals surface area contributed by atoms with E-state index in [0.717, 1.165) is 6.33 Å². The largest absolute Gasteiger partial charge is 0.462 e. The molecule has 0 spiro atoms. The van der Waals surface area contributed by atoms with Gasteiger partial charge < -0.3 is 14.4 Å². The van der Waals surface area contributed by atoms with Gasteiger partial charge in [-0.1, -0.05) is 0 Å². The van der Waals surface area contributed by atoms with E-state index in [2.05, 4.69) is 15.1 Å². The number of anilines is 1. The van der Waals surface area contributed by atoms with Crippen LogP contribution in [0.2, 0.25) is 0 Å². The minimum absolute atomic E-state index is 0.0171. The molecule has 1 atom stereocenters. The summed E-state index contributed by atoms with van der Waals surface area (Å²) in [7, 11) is 0. The molecular formula is C16H17F3N6O5. The van der Waals surface area contributed by atoms with Crippen LogP contribution >= 0.6 is 0 Å². The highest BCUT2D eigenvalue weighted by Crippen LogP contribution is 2.35. The van der Waals surface area contributed by atoms with Crippen molar-refractivity contribution in [1.82, 2.24) is 19.7 Å². The fraction of sp³-hybridized carbons (Fsp3) is 0.500. The molecule has 0 unspecified atom stereocenters. The number of rotatable bonds is 6. The molecule has 0 saturated carbocycles. The summed E-state index contributed by atoms with van der Waals surface area (Å²) in [6.45, 7) is 0.533. The van der Waals surface area contributed by atoms with Gasteiger partial charge in [-0.3, -0.25) is 10.1 Å². The van der Waals surface area contributed by atoms with Crippen molar-refractivity contribution in [3.05, 3.63) is 40.1 Å². The summed E-state index contributed by atoms with van der Waals surface area (Å²) in [4.78, 5) is 32.5. The highest BCUT2D eigenvalue weighted by molar-refractivity contribution is 5.96. The van der Waals surface area contributed by atoms with Crippen molar-refractivity contribution in [2.24, 2.45) is 0 Å². The lowest BCUT2D eigenvalue weighted by molar-refractivity contribution is -0.384. The molecule has 14 heteroatoms. The summed E-state index contributed by atoms with van der Waals surface area (Å²) in [6, 6.07) is 0.336. The van der Waals surface area contributed by atoms with Gasteiger partial charge in [-0.05, 0) is 13.0 Å². The number of hydrogen-bond acceptors (Lipinski definition) is 9. The maximum absolute atomic E-state index is 12.6. The third-order valence-corrected chi connectivity index (χ3v) is 4.18. The van der Waals surface area contributed by atoms with Crippen molar-refractivity contribution in [2.45, 2.75) is 25.7 Å². The molecule has 0 N–H and O–H groups in total. The zero-order chi connectivity index (χ0) is 21.9. The molecule has 3 rings (SSSR count). The third-order valence-electron chi connectivity index (χ3n) is 4.18. The number of nitrogens with zero attached hydrogens (tertiary/aromatic N) is 6. The van der Waals surface area contributed by atoms with Crippen LogP contribution in [0.5, 0.6) is 0 Å². The molecule has 0 radical (unpaired) electrons. The topological polar surface area (TPSA) is 126 Å². The van der Waals surface area contributed by atoms with E-state index in [0.29, 0.717) is 4.68 Å². The fourth-order valence-electron chi connectivity index (χ4n) is 3.00. The zero-order valence-corrected chi connectivity index (χ0v) is 15.7. The van der Waals surface area contributed by atoms with Gasteiger partial charge in [0.15, 0.2) is 5.82 Å². The minimum atomic E-state index is -4.48. The number of morpholine rings is 1. The molecule has 162 valence electrons. The van der Waals surface area contributed by atoms with Gasteiger partial charge in [-0.2, -0.15) is 18.3 Å². The van der Waals surface area contributed by atoms with Gasteiger partial charge in [0.25, 0.3) is 0 Å². The second kappa shape index (κ2) is 8.61. The summed E-state index contributed by atoms with van der Waals surface area (Å²) in [5.74, 6) is -1.05. The van der Waals surface area contributed by atoms with E-state index in [-0.39, 0.29) is 43.6 Å². The number of pyridine rings is 1. The Bertz CT molecular complexity index is 934. The quantitative estimate of drug-likeness (QED) is 0.384. The highest BCUT2D eigenvalue weighted by Gasteiger charge is 2.37. The van der Waals surface area contributed by atoms with Crippen LogP contribution in [0.4, 0.5) is 24.7 Å². The van der Waals surface area contributed by atoms with Gasteiger partial charge in [0, 0.05) is 12.7 Å². The number of aromatic nitrogens is 4. The summed E-state index contributed by atoms with van der Waals surface area (Å²) in [6.07, 6.45) is -2.34. The van der Waals surface area contributed by atoms with E-state index in [1.165, 1.54) is 17.2 Å². The van der Waals surface area contributed by atoms with Crippen molar-refractivity contribution in [3.63, 3.8) is 0 Å².